The van der Waals surface area contributed by atoms with Gasteiger partial charge in [-0.3, -0.25) is 0 Å². The lowest BCUT2D eigenvalue weighted by atomic mass is 9.79. The van der Waals surface area contributed by atoms with Crippen molar-refractivity contribution in [2.24, 2.45) is 5.92 Å². The Kier molecular flexibility index (Phi) is 11.1. The van der Waals surface area contributed by atoms with E-state index in [0.29, 0.717) is 22.3 Å². The van der Waals surface area contributed by atoms with E-state index in [-0.39, 0.29) is 29.8 Å². The summed E-state index contributed by atoms with van der Waals surface area (Å²) in [5.74, 6) is 0.285. The highest BCUT2D eigenvalue weighted by molar-refractivity contribution is 7.88. The highest BCUT2D eigenvalue weighted by Gasteiger charge is 2.25. The van der Waals surface area contributed by atoms with E-state index in [1.54, 1.807) is 18.2 Å². The standard InChI is InChI=1S/C31H37Cl2N5O3S/c1-21-24(19-34)4-3-5-30(21)23-8-6-22(7-9-23)25(10-13-38-14-11-28(12-15-38)37-42(2,40)41)20-35-31(39)36-29-17-26(32)16-27(33)18-29/h3-9,16-18,21,25,28,30,37H,10-15,20H2,1-2H3,(H2,35,36,39). The van der Waals surface area contributed by atoms with Crippen molar-refractivity contribution >= 4 is 44.9 Å². The molecule has 3 unspecified atom stereocenters. The first-order valence-corrected chi connectivity index (χ1v) is 16.7. The van der Waals surface area contributed by atoms with Crippen LogP contribution in [0.5, 0.6) is 0 Å². The molecule has 1 saturated heterocycles. The summed E-state index contributed by atoms with van der Waals surface area (Å²) in [6.07, 6.45) is 9.50. The maximum Gasteiger partial charge on any atom is 0.319 e. The number of halogens is 2. The highest BCUT2D eigenvalue weighted by atomic mass is 35.5. The highest BCUT2D eigenvalue weighted by Crippen LogP contribution is 2.35. The Morgan fingerprint density at radius 1 is 1.12 bits per heavy atom. The number of likely N-dealkylation sites (tertiary alicyclic amines) is 1. The summed E-state index contributed by atoms with van der Waals surface area (Å²) >= 11 is 12.1. The molecule has 1 heterocycles. The van der Waals surface area contributed by atoms with Crippen molar-refractivity contribution in [1.82, 2.24) is 14.9 Å². The van der Waals surface area contributed by atoms with E-state index in [0.717, 1.165) is 55.6 Å². The summed E-state index contributed by atoms with van der Waals surface area (Å²) in [5.41, 5.74) is 3.54. The van der Waals surface area contributed by atoms with Gasteiger partial charge in [-0.05, 0) is 74.3 Å². The summed E-state index contributed by atoms with van der Waals surface area (Å²) < 4.78 is 25.9. The minimum absolute atomic E-state index is 0.0300. The zero-order valence-corrected chi connectivity index (χ0v) is 26.1. The quantitative estimate of drug-likeness (QED) is 0.296. The van der Waals surface area contributed by atoms with Crippen LogP contribution in [0, 0.1) is 17.2 Å². The first-order valence-electron chi connectivity index (χ1n) is 14.1. The molecule has 8 nitrogen and oxygen atoms in total. The molecule has 3 N–H and O–H groups in total. The van der Waals surface area contributed by atoms with Crippen molar-refractivity contribution in [2.75, 3.05) is 37.8 Å². The van der Waals surface area contributed by atoms with E-state index < -0.39 is 10.0 Å². The molecular formula is C31H37Cl2N5O3S. The fourth-order valence-electron chi connectivity index (χ4n) is 5.64. The number of nitrogens with one attached hydrogen (secondary N) is 3. The maximum absolute atomic E-state index is 12.8. The average molecular weight is 631 g/mol. The number of carbonyl (C=O) groups excluding carboxylic acids is 1. The van der Waals surface area contributed by atoms with Crippen LogP contribution in [0.1, 0.15) is 49.1 Å². The number of anilines is 1. The summed E-state index contributed by atoms with van der Waals surface area (Å²) in [4.78, 5) is 15.1. The summed E-state index contributed by atoms with van der Waals surface area (Å²) in [5, 5.41) is 16.1. The van der Waals surface area contributed by atoms with E-state index >= 15 is 0 Å². The zero-order valence-electron chi connectivity index (χ0n) is 23.8. The van der Waals surface area contributed by atoms with E-state index in [9.17, 15) is 18.5 Å². The molecular weight excluding hydrogens is 593 g/mol. The smallest absolute Gasteiger partial charge is 0.319 e. The topological polar surface area (TPSA) is 114 Å². The molecule has 224 valence electrons. The van der Waals surface area contributed by atoms with Crippen LogP contribution >= 0.6 is 23.2 Å². The third-order valence-corrected chi connectivity index (χ3v) is 9.13. The number of sulfonamides is 1. The van der Waals surface area contributed by atoms with Gasteiger partial charge in [0.05, 0.1) is 12.3 Å². The average Bonchev–Trinajstić information content (AvgIpc) is 2.93. The number of nitriles is 1. The molecule has 1 fully saturated rings. The van der Waals surface area contributed by atoms with Gasteiger partial charge in [-0.25, -0.2) is 17.9 Å². The lowest BCUT2D eigenvalue weighted by Crippen LogP contribution is -2.44. The number of urea groups is 1. The summed E-state index contributed by atoms with van der Waals surface area (Å²) in [6, 6.07) is 15.3. The molecule has 0 bridgehead atoms. The number of amides is 2. The number of rotatable bonds is 10. The second kappa shape index (κ2) is 14.5. The normalized spacial score (nSPS) is 20.4. The van der Waals surface area contributed by atoms with Gasteiger partial charge in [-0.1, -0.05) is 66.5 Å². The van der Waals surface area contributed by atoms with E-state index in [1.807, 2.05) is 12.2 Å². The van der Waals surface area contributed by atoms with Gasteiger partial charge < -0.3 is 15.5 Å². The number of hydrogen-bond donors (Lipinski definition) is 3. The van der Waals surface area contributed by atoms with E-state index in [1.165, 1.54) is 6.26 Å². The second-order valence-electron chi connectivity index (χ2n) is 11.1. The Labute approximate surface area is 258 Å². The number of benzene rings is 2. The zero-order chi connectivity index (χ0) is 30.3. The molecule has 1 aliphatic heterocycles. The fourth-order valence-corrected chi connectivity index (χ4v) is 7.01. The molecule has 11 heteroatoms. The van der Waals surface area contributed by atoms with Crippen molar-refractivity contribution in [1.29, 1.82) is 5.26 Å². The lowest BCUT2D eigenvalue weighted by molar-refractivity contribution is 0.200. The minimum atomic E-state index is -3.22. The van der Waals surface area contributed by atoms with Gasteiger partial charge in [0.15, 0.2) is 0 Å². The summed E-state index contributed by atoms with van der Waals surface area (Å²) in [7, 11) is -3.22. The Hall–Kier alpha value is -2.87. The number of hydrogen-bond acceptors (Lipinski definition) is 5. The molecule has 0 saturated carbocycles. The molecule has 4 rings (SSSR count). The van der Waals surface area contributed by atoms with Crippen molar-refractivity contribution in [3.63, 3.8) is 0 Å². The van der Waals surface area contributed by atoms with Crippen LogP contribution in [-0.2, 0) is 10.0 Å². The van der Waals surface area contributed by atoms with Gasteiger partial charge in [-0.15, -0.1) is 0 Å². The predicted molar refractivity (Wildman–Crippen MR) is 169 cm³/mol. The SMILES string of the molecule is CC1C(C#N)=CC=CC1c1ccc(C(CCN2CCC(NS(C)(=O)=O)CC2)CNC(=O)Nc2cc(Cl)cc(Cl)c2)cc1. The third kappa shape index (κ3) is 9.32. The molecule has 3 atom stereocenters. The van der Waals surface area contributed by atoms with E-state index in [4.69, 9.17) is 23.2 Å². The van der Waals surface area contributed by atoms with Gasteiger partial charge in [0.1, 0.15) is 0 Å². The van der Waals surface area contributed by atoms with Crippen molar-refractivity contribution < 1.29 is 13.2 Å². The second-order valence-corrected chi connectivity index (χ2v) is 13.7. The number of carbonyl (C=O) groups is 1. The first kappa shape index (κ1) is 32.1. The molecule has 2 aliphatic rings. The first-order chi connectivity index (χ1) is 20.0. The van der Waals surface area contributed by atoms with Gasteiger partial charge in [-0.2, -0.15) is 5.26 Å². The van der Waals surface area contributed by atoms with Crippen LogP contribution in [0.25, 0.3) is 0 Å². The van der Waals surface area contributed by atoms with Crippen LogP contribution in [0.4, 0.5) is 10.5 Å². The maximum atomic E-state index is 12.8. The number of allylic oxidation sites excluding steroid dienone is 4. The van der Waals surface area contributed by atoms with Crippen LogP contribution in [0.2, 0.25) is 10.0 Å². The van der Waals surface area contributed by atoms with E-state index in [2.05, 4.69) is 63.6 Å². The molecule has 2 aromatic carbocycles. The molecule has 0 aromatic heterocycles. The lowest BCUT2D eigenvalue weighted by Gasteiger charge is -2.33. The molecule has 42 heavy (non-hydrogen) atoms. The monoisotopic (exact) mass is 629 g/mol. The molecule has 2 aromatic rings. The predicted octanol–water partition coefficient (Wildman–Crippen LogP) is 6.04. The Balaban J connectivity index is 1.42. The summed E-state index contributed by atoms with van der Waals surface area (Å²) in [6.45, 7) is 4.94. The number of piperidine rings is 1. The van der Waals surface area contributed by atoms with Crippen molar-refractivity contribution in [3.05, 3.63) is 87.4 Å². The third-order valence-electron chi connectivity index (χ3n) is 7.94. The molecule has 2 amide bonds. The van der Waals surface area contributed by atoms with Gasteiger partial charge in [0, 0.05) is 51.6 Å². The fraction of sp³-hybridized carbons (Fsp3) is 0.419. The molecule has 0 radical (unpaired) electrons. The van der Waals surface area contributed by atoms with Crippen molar-refractivity contribution in [3.8, 4) is 6.07 Å². The van der Waals surface area contributed by atoms with Crippen LogP contribution in [0.3, 0.4) is 0 Å². The van der Waals surface area contributed by atoms with Crippen molar-refractivity contribution in [2.45, 2.75) is 44.1 Å². The minimum Gasteiger partial charge on any atom is -0.337 e. The van der Waals surface area contributed by atoms with Crippen LogP contribution in [0.15, 0.2) is 66.3 Å². The Bertz CT molecular complexity index is 1440. The van der Waals surface area contributed by atoms with Gasteiger partial charge in [0.2, 0.25) is 10.0 Å². The number of nitrogens with zero attached hydrogens (tertiary/aromatic N) is 2. The van der Waals surface area contributed by atoms with Crippen LogP contribution < -0.4 is 15.4 Å². The van der Waals surface area contributed by atoms with Gasteiger partial charge in [0.25, 0.3) is 0 Å². The molecule has 0 spiro atoms. The van der Waals surface area contributed by atoms with Crippen LogP contribution in [-0.4, -0.2) is 57.8 Å². The van der Waals surface area contributed by atoms with Gasteiger partial charge >= 0.3 is 6.03 Å². The molecule has 1 aliphatic carbocycles. The largest absolute Gasteiger partial charge is 0.337 e. The Morgan fingerprint density at radius 3 is 2.40 bits per heavy atom. The Morgan fingerprint density at radius 2 is 1.79 bits per heavy atom.